The van der Waals surface area contributed by atoms with E-state index in [1.54, 1.807) is 18.0 Å². The predicted molar refractivity (Wildman–Crippen MR) is 94.3 cm³/mol. The summed E-state index contributed by atoms with van der Waals surface area (Å²) in [6, 6.07) is 3.83. The quantitative estimate of drug-likeness (QED) is 0.827. The van der Waals surface area contributed by atoms with Gasteiger partial charge in [0.15, 0.2) is 11.6 Å². The summed E-state index contributed by atoms with van der Waals surface area (Å²) >= 11 is 1.72. The van der Waals surface area contributed by atoms with E-state index in [0.717, 1.165) is 37.4 Å². The summed E-state index contributed by atoms with van der Waals surface area (Å²) < 4.78 is 5.99. The van der Waals surface area contributed by atoms with E-state index in [1.807, 2.05) is 36.0 Å². The van der Waals surface area contributed by atoms with Crippen molar-refractivity contribution in [2.75, 3.05) is 38.3 Å². The lowest BCUT2D eigenvalue weighted by molar-refractivity contribution is -0.135. The highest BCUT2D eigenvalue weighted by molar-refractivity contribution is 8.00. The van der Waals surface area contributed by atoms with Crippen LogP contribution in [-0.2, 0) is 4.79 Å². The number of rotatable bonds is 5. The van der Waals surface area contributed by atoms with E-state index in [9.17, 15) is 4.79 Å². The van der Waals surface area contributed by atoms with Gasteiger partial charge in [-0.2, -0.15) is 0 Å². The Labute approximate surface area is 142 Å². The molecule has 2 aliphatic rings. The first kappa shape index (κ1) is 16.4. The maximum absolute atomic E-state index is 12.8. The summed E-state index contributed by atoms with van der Waals surface area (Å²) in [6.07, 6.45) is 7.97. The summed E-state index contributed by atoms with van der Waals surface area (Å²) in [4.78, 5) is 21.1. The molecule has 1 saturated heterocycles. The van der Waals surface area contributed by atoms with Crippen molar-refractivity contribution in [2.24, 2.45) is 0 Å². The maximum atomic E-state index is 12.8. The Bertz CT molecular complexity index is 569. The summed E-state index contributed by atoms with van der Waals surface area (Å²) in [5.74, 6) is 1.93. The standard InChI is InChI=1S/C17H25N3O2S/c1-19(2)15-14(6-4-10-18-15)22-13-7-11-20(12-13)16(21)17(23-3)8-5-9-17/h4,6,10,13H,5,7-9,11-12H2,1-3H3. The average molecular weight is 335 g/mol. The number of hydrogen-bond acceptors (Lipinski definition) is 5. The molecule has 1 aliphatic heterocycles. The van der Waals surface area contributed by atoms with E-state index in [-0.39, 0.29) is 10.9 Å². The van der Waals surface area contributed by atoms with E-state index < -0.39 is 0 Å². The summed E-state index contributed by atoms with van der Waals surface area (Å²) in [5, 5.41) is 0. The molecule has 0 spiro atoms. The van der Waals surface area contributed by atoms with Crippen LogP contribution in [-0.4, -0.2) is 60.1 Å². The van der Waals surface area contributed by atoms with Gasteiger partial charge >= 0.3 is 0 Å². The fourth-order valence-electron chi connectivity index (χ4n) is 3.29. The summed E-state index contributed by atoms with van der Waals surface area (Å²) in [7, 11) is 3.91. The number of amides is 1. The molecular weight excluding hydrogens is 310 g/mol. The second-order valence-corrected chi connectivity index (χ2v) is 7.74. The highest BCUT2D eigenvalue weighted by Gasteiger charge is 2.47. The number of carbonyl (C=O) groups excluding carboxylic acids is 1. The smallest absolute Gasteiger partial charge is 0.238 e. The molecule has 5 nitrogen and oxygen atoms in total. The maximum Gasteiger partial charge on any atom is 0.238 e. The molecule has 1 aliphatic carbocycles. The van der Waals surface area contributed by atoms with Gasteiger partial charge in [0.05, 0.1) is 11.3 Å². The van der Waals surface area contributed by atoms with Crippen LogP contribution in [0.2, 0.25) is 0 Å². The van der Waals surface area contributed by atoms with Crippen LogP contribution < -0.4 is 9.64 Å². The number of aromatic nitrogens is 1. The van der Waals surface area contributed by atoms with Gasteiger partial charge in [-0.05, 0) is 37.7 Å². The zero-order chi connectivity index (χ0) is 16.4. The van der Waals surface area contributed by atoms with Crippen LogP contribution in [0.5, 0.6) is 5.75 Å². The number of carbonyl (C=O) groups is 1. The van der Waals surface area contributed by atoms with Crippen LogP contribution in [0.15, 0.2) is 18.3 Å². The molecule has 0 bridgehead atoms. The molecule has 126 valence electrons. The number of likely N-dealkylation sites (tertiary alicyclic amines) is 1. The Hall–Kier alpha value is -1.43. The van der Waals surface area contributed by atoms with Crippen LogP contribution in [0, 0.1) is 0 Å². The van der Waals surface area contributed by atoms with Gasteiger partial charge in [-0.1, -0.05) is 0 Å². The van der Waals surface area contributed by atoms with Crippen molar-refractivity contribution in [3.05, 3.63) is 18.3 Å². The second kappa shape index (κ2) is 6.59. The minimum atomic E-state index is -0.155. The van der Waals surface area contributed by atoms with Gasteiger partial charge in [-0.25, -0.2) is 4.98 Å². The fraction of sp³-hybridized carbons (Fsp3) is 0.647. The monoisotopic (exact) mass is 335 g/mol. The molecular formula is C17H25N3O2S. The van der Waals surface area contributed by atoms with E-state index in [2.05, 4.69) is 11.2 Å². The Balaban J connectivity index is 1.63. The Morgan fingerprint density at radius 2 is 2.26 bits per heavy atom. The van der Waals surface area contributed by atoms with Crippen molar-refractivity contribution in [1.29, 1.82) is 0 Å². The first-order chi connectivity index (χ1) is 11.1. The molecule has 1 aromatic rings. The van der Waals surface area contributed by atoms with Crippen molar-refractivity contribution in [3.63, 3.8) is 0 Å². The number of nitrogens with zero attached hydrogens (tertiary/aromatic N) is 3. The van der Waals surface area contributed by atoms with Crippen molar-refractivity contribution >= 4 is 23.5 Å². The van der Waals surface area contributed by atoms with Crippen molar-refractivity contribution in [1.82, 2.24) is 9.88 Å². The zero-order valence-corrected chi connectivity index (χ0v) is 14.9. The van der Waals surface area contributed by atoms with Crippen LogP contribution in [0.25, 0.3) is 0 Å². The van der Waals surface area contributed by atoms with Crippen LogP contribution >= 0.6 is 11.8 Å². The molecule has 2 heterocycles. The third-order valence-electron chi connectivity index (χ3n) is 4.84. The molecule has 6 heteroatoms. The first-order valence-corrected chi connectivity index (χ1v) is 9.42. The Morgan fingerprint density at radius 1 is 1.48 bits per heavy atom. The van der Waals surface area contributed by atoms with Gasteiger partial charge in [0.25, 0.3) is 0 Å². The SMILES string of the molecule is CSC1(C(=O)N2CCC(Oc3cccnc3N(C)C)C2)CCC1. The molecule has 0 aromatic carbocycles. The predicted octanol–water partition coefficient (Wildman–Crippen LogP) is 2.41. The number of pyridine rings is 1. The summed E-state index contributed by atoms with van der Waals surface area (Å²) in [6.45, 7) is 1.48. The van der Waals surface area contributed by atoms with Crippen molar-refractivity contribution in [2.45, 2.75) is 36.5 Å². The number of thioether (sulfide) groups is 1. The van der Waals surface area contributed by atoms with E-state index in [1.165, 1.54) is 6.42 Å². The van der Waals surface area contributed by atoms with E-state index in [0.29, 0.717) is 12.5 Å². The third-order valence-corrected chi connectivity index (χ3v) is 6.21. The molecule has 1 amide bonds. The van der Waals surface area contributed by atoms with Crippen LogP contribution in [0.4, 0.5) is 5.82 Å². The normalized spacial score (nSPS) is 22.6. The fourth-order valence-corrected chi connectivity index (χ4v) is 4.29. The number of ether oxygens (including phenoxy) is 1. The first-order valence-electron chi connectivity index (χ1n) is 8.19. The van der Waals surface area contributed by atoms with Crippen LogP contribution in [0.3, 0.4) is 0 Å². The minimum absolute atomic E-state index is 0.0563. The van der Waals surface area contributed by atoms with Crippen molar-refractivity contribution in [3.8, 4) is 5.75 Å². The lowest BCUT2D eigenvalue weighted by Crippen LogP contribution is -2.50. The van der Waals surface area contributed by atoms with E-state index >= 15 is 0 Å². The lowest BCUT2D eigenvalue weighted by atomic mass is 9.83. The van der Waals surface area contributed by atoms with Crippen LogP contribution in [0.1, 0.15) is 25.7 Å². The largest absolute Gasteiger partial charge is 0.485 e. The lowest BCUT2D eigenvalue weighted by Gasteiger charge is -2.41. The molecule has 1 aromatic heterocycles. The molecule has 2 fully saturated rings. The van der Waals surface area contributed by atoms with Gasteiger partial charge in [0, 0.05) is 33.3 Å². The molecule has 23 heavy (non-hydrogen) atoms. The van der Waals surface area contributed by atoms with E-state index in [4.69, 9.17) is 4.74 Å². The van der Waals surface area contributed by atoms with Gasteiger partial charge < -0.3 is 14.5 Å². The molecule has 0 radical (unpaired) electrons. The molecule has 1 unspecified atom stereocenters. The number of anilines is 1. The zero-order valence-electron chi connectivity index (χ0n) is 14.1. The van der Waals surface area contributed by atoms with Gasteiger partial charge in [0.1, 0.15) is 6.10 Å². The average Bonchev–Trinajstić information content (AvgIpc) is 2.95. The topological polar surface area (TPSA) is 45.7 Å². The highest BCUT2D eigenvalue weighted by atomic mass is 32.2. The minimum Gasteiger partial charge on any atom is -0.485 e. The Kier molecular flexibility index (Phi) is 4.71. The van der Waals surface area contributed by atoms with Gasteiger partial charge in [-0.15, -0.1) is 11.8 Å². The molecule has 1 saturated carbocycles. The van der Waals surface area contributed by atoms with Gasteiger partial charge in [0.2, 0.25) is 5.91 Å². The third kappa shape index (κ3) is 3.13. The highest BCUT2D eigenvalue weighted by Crippen LogP contribution is 2.44. The van der Waals surface area contributed by atoms with Crippen molar-refractivity contribution < 1.29 is 9.53 Å². The molecule has 3 rings (SSSR count). The second-order valence-electron chi connectivity index (χ2n) is 6.55. The molecule has 0 N–H and O–H groups in total. The molecule has 1 atom stereocenters. The summed E-state index contributed by atoms with van der Waals surface area (Å²) in [5.41, 5.74) is 0. The van der Waals surface area contributed by atoms with Gasteiger partial charge in [-0.3, -0.25) is 4.79 Å². The number of hydrogen-bond donors (Lipinski definition) is 0. The Morgan fingerprint density at radius 3 is 2.87 bits per heavy atom.